The van der Waals surface area contributed by atoms with Crippen molar-refractivity contribution in [1.82, 2.24) is 19.7 Å². The molecule has 4 nitrogen and oxygen atoms in total. The molecule has 19 heavy (non-hydrogen) atoms. The van der Waals surface area contributed by atoms with Gasteiger partial charge in [0, 0.05) is 18.2 Å². The highest BCUT2D eigenvalue weighted by atomic mass is 35.5. The van der Waals surface area contributed by atoms with E-state index in [0.29, 0.717) is 5.15 Å². The lowest BCUT2D eigenvalue weighted by atomic mass is 10.1. The number of hydrogen-bond donors (Lipinski definition) is 0. The molecular weight excluding hydrogens is 260 g/mol. The normalized spacial score (nSPS) is 11.0. The van der Waals surface area contributed by atoms with Crippen LogP contribution in [0.3, 0.4) is 0 Å². The van der Waals surface area contributed by atoms with Crippen LogP contribution in [0.25, 0.3) is 5.82 Å². The minimum atomic E-state index is 0.471. The van der Waals surface area contributed by atoms with Gasteiger partial charge < -0.3 is 0 Å². The van der Waals surface area contributed by atoms with Crippen LogP contribution in [0.2, 0.25) is 5.15 Å². The summed E-state index contributed by atoms with van der Waals surface area (Å²) in [5, 5.41) is 5.03. The van der Waals surface area contributed by atoms with Gasteiger partial charge in [0.2, 0.25) is 0 Å². The lowest BCUT2D eigenvalue weighted by Gasteiger charge is -2.06. The zero-order valence-electron chi connectivity index (χ0n) is 11.9. The van der Waals surface area contributed by atoms with Crippen molar-refractivity contribution >= 4 is 11.6 Å². The van der Waals surface area contributed by atoms with Gasteiger partial charge in [-0.3, -0.25) is 0 Å². The van der Waals surface area contributed by atoms with Crippen LogP contribution in [0, 0.1) is 13.8 Å². The van der Waals surface area contributed by atoms with Crippen molar-refractivity contribution in [3.05, 3.63) is 34.0 Å². The van der Waals surface area contributed by atoms with Crippen LogP contribution >= 0.6 is 11.6 Å². The molecule has 0 amide bonds. The molecule has 2 heterocycles. The smallest absolute Gasteiger partial charge is 0.158 e. The Balaban J connectivity index is 2.52. The number of hydrogen-bond acceptors (Lipinski definition) is 3. The molecule has 0 aliphatic heterocycles. The first-order valence-corrected chi connectivity index (χ1v) is 7.03. The maximum Gasteiger partial charge on any atom is 0.158 e. The summed E-state index contributed by atoms with van der Waals surface area (Å²) in [5.74, 6) is 1.53. The topological polar surface area (TPSA) is 43.6 Å². The lowest BCUT2D eigenvalue weighted by molar-refractivity contribution is 0.765. The van der Waals surface area contributed by atoms with E-state index >= 15 is 0 Å². The maximum atomic E-state index is 6.08. The molecule has 0 spiro atoms. The van der Waals surface area contributed by atoms with Crippen LogP contribution in [0.4, 0.5) is 0 Å². The van der Waals surface area contributed by atoms with Gasteiger partial charge in [0.25, 0.3) is 0 Å². The minimum Gasteiger partial charge on any atom is -0.221 e. The van der Waals surface area contributed by atoms with Crippen LogP contribution in [0.15, 0.2) is 6.07 Å². The maximum absolute atomic E-state index is 6.08. The second kappa shape index (κ2) is 5.70. The average molecular weight is 279 g/mol. The van der Waals surface area contributed by atoms with Crippen molar-refractivity contribution in [2.24, 2.45) is 0 Å². The average Bonchev–Trinajstić information content (AvgIpc) is 2.64. The Hall–Kier alpha value is -1.42. The van der Waals surface area contributed by atoms with Crippen LogP contribution in [0.5, 0.6) is 0 Å². The molecule has 0 saturated carbocycles. The van der Waals surface area contributed by atoms with Crippen LogP contribution in [-0.2, 0) is 12.8 Å². The highest BCUT2D eigenvalue weighted by molar-refractivity contribution is 6.29. The van der Waals surface area contributed by atoms with E-state index in [9.17, 15) is 0 Å². The van der Waals surface area contributed by atoms with Crippen LogP contribution in [-0.4, -0.2) is 19.7 Å². The fraction of sp³-hybridized carbons (Fsp3) is 0.500. The molecule has 0 bridgehead atoms. The Morgan fingerprint density at radius 3 is 2.53 bits per heavy atom. The Kier molecular flexibility index (Phi) is 4.20. The first-order valence-electron chi connectivity index (χ1n) is 6.65. The lowest BCUT2D eigenvalue weighted by Crippen LogP contribution is -2.06. The zero-order valence-corrected chi connectivity index (χ0v) is 12.6. The third kappa shape index (κ3) is 2.78. The monoisotopic (exact) mass is 278 g/mol. The predicted molar refractivity (Wildman–Crippen MR) is 77.0 cm³/mol. The van der Waals surface area contributed by atoms with Crippen molar-refractivity contribution in [3.8, 4) is 5.82 Å². The van der Waals surface area contributed by atoms with Gasteiger partial charge in [-0.15, -0.1) is 0 Å². The molecule has 2 aromatic rings. The van der Waals surface area contributed by atoms with E-state index in [1.165, 1.54) is 5.56 Å². The van der Waals surface area contributed by atoms with Crippen molar-refractivity contribution in [3.63, 3.8) is 0 Å². The first-order chi connectivity index (χ1) is 9.06. The first kappa shape index (κ1) is 14.0. The Morgan fingerprint density at radius 1 is 1.21 bits per heavy atom. The van der Waals surface area contributed by atoms with E-state index in [2.05, 4.69) is 35.8 Å². The molecule has 2 rings (SSSR count). The molecular formula is C14H19ClN4. The predicted octanol–water partition coefficient (Wildman–Crippen LogP) is 3.45. The summed E-state index contributed by atoms with van der Waals surface area (Å²) >= 11 is 6.08. The number of halogens is 1. The molecule has 0 fully saturated rings. The van der Waals surface area contributed by atoms with Gasteiger partial charge in [0.05, 0.1) is 5.69 Å². The van der Waals surface area contributed by atoms with Gasteiger partial charge in [-0.2, -0.15) is 5.10 Å². The van der Waals surface area contributed by atoms with Crippen molar-refractivity contribution in [2.45, 2.75) is 47.0 Å². The van der Waals surface area contributed by atoms with Gasteiger partial charge >= 0.3 is 0 Å². The van der Waals surface area contributed by atoms with Crippen molar-refractivity contribution in [1.29, 1.82) is 0 Å². The summed E-state index contributed by atoms with van der Waals surface area (Å²) in [5.41, 5.74) is 3.44. The highest BCUT2D eigenvalue weighted by Gasteiger charge is 2.13. The standard InChI is InChI=1S/C14H19ClN4/c1-5-7-13-16-12(15)8-14(17-13)19-10(4)11(6-2)9(3)18-19/h8H,5-7H2,1-4H3. The molecule has 5 heteroatoms. The quantitative estimate of drug-likeness (QED) is 0.805. The fourth-order valence-electron chi connectivity index (χ4n) is 2.31. The van der Waals surface area contributed by atoms with Gasteiger partial charge in [0.1, 0.15) is 11.0 Å². The summed E-state index contributed by atoms with van der Waals surface area (Å²) < 4.78 is 1.86. The Bertz CT molecular complexity index is 589. The largest absolute Gasteiger partial charge is 0.221 e. The summed E-state index contributed by atoms with van der Waals surface area (Å²) in [6.07, 6.45) is 2.79. The van der Waals surface area contributed by atoms with Gasteiger partial charge in [0.15, 0.2) is 5.82 Å². The Labute approximate surface area is 118 Å². The summed E-state index contributed by atoms with van der Waals surface area (Å²) in [6.45, 7) is 8.33. The summed E-state index contributed by atoms with van der Waals surface area (Å²) in [4.78, 5) is 8.79. The second-order valence-electron chi connectivity index (χ2n) is 4.63. The Morgan fingerprint density at radius 2 is 1.95 bits per heavy atom. The van der Waals surface area contributed by atoms with Crippen LogP contribution < -0.4 is 0 Å². The minimum absolute atomic E-state index is 0.471. The SMILES string of the molecule is CCCc1nc(Cl)cc(-n2nc(C)c(CC)c2C)n1. The molecule has 0 N–H and O–H groups in total. The van der Waals surface area contributed by atoms with E-state index < -0.39 is 0 Å². The molecule has 2 aromatic heterocycles. The van der Waals surface area contributed by atoms with Crippen molar-refractivity contribution in [2.75, 3.05) is 0 Å². The highest BCUT2D eigenvalue weighted by Crippen LogP contribution is 2.19. The van der Waals surface area contributed by atoms with E-state index in [-0.39, 0.29) is 0 Å². The molecule has 0 aliphatic rings. The number of rotatable bonds is 4. The second-order valence-corrected chi connectivity index (χ2v) is 5.02. The van der Waals surface area contributed by atoms with E-state index in [0.717, 1.165) is 42.3 Å². The molecule has 0 radical (unpaired) electrons. The number of nitrogens with zero attached hydrogens (tertiary/aromatic N) is 4. The number of aryl methyl sites for hydroxylation is 2. The summed E-state index contributed by atoms with van der Waals surface area (Å²) in [6, 6.07) is 1.76. The molecule has 0 unspecified atom stereocenters. The third-order valence-corrected chi connectivity index (χ3v) is 3.41. The van der Waals surface area contributed by atoms with Gasteiger partial charge in [-0.05, 0) is 32.3 Å². The third-order valence-electron chi connectivity index (χ3n) is 3.21. The molecule has 0 aromatic carbocycles. The summed E-state index contributed by atoms with van der Waals surface area (Å²) in [7, 11) is 0. The molecule has 0 aliphatic carbocycles. The molecule has 102 valence electrons. The number of aromatic nitrogens is 4. The van der Waals surface area contributed by atoms with E-state index in [1.807, 2.05) is 11.6 Å². The van der Waals surface area contributed by atoms with Crippen LogP contribution in [0.1, 0.15) is 43.0 Å². The molecule has 0 saturated heterocycles. The van der Waals surface area contributed by atoms with E-state index in [1.54, 1.807) is 6.07 Å². The van der Waals surface area contributed by atoms with Gasteiger partial charge in [-0.1, -0.05) is 25.4 Å². The van der Waals surface area contributed by atoms with Crippen molar-refractivity contribution < 1.29 is 0 Å². The van der Waals surface area contributed by atoms with E-state index in [4.69, 9.17) is 11.6 Å². The van der Waals surface area contributed by atoms with Gasteiger partial charge in [-0.25, -0.2) is 14.6 Å². The zero-order chi connectivity index (χ0) is 14.0. The molecule has 0 atom stereocenters. The fourth-order valence-corrected chi connectivity index (χ4v) is 2.50.